The summed E-state index contributed by atoms with van der Waals surface area (Å²) in [6, 6.07) is -0.519. The summed E-state index contributed by atoms with van der Waals surface area (Å²) in [5, 5.41) is 10.7. The molecule has 1 amide bonds. The van der Waals surface area contributed by atoms with Gasteiger partial charge < -0.3 is 10.9 Å². The van der Waals surface area contributed by atoms with Crippen LogP contribution in [0.15, 0.2) is 0 Å². The maximum absolute atomic E-state index is 10.9. The van der Waals surface area contributed by atoms with Gasteiger partial charge in [0.05, 0.1) is 0 Å². The van der Waals surface area contributed by atoms with E-state index in [1.54, 1.807) is 0 Å². The highest BCUT2D eigenvalue weighted by molar-refractivity contribution is 5.80. The van der Waals surface area contributed by atoms with Gasteiger partial charge in [-0.2, -0.15) is 5.06 Å². The summed E-state index contributed by atoms with van der Waals surface area (Å²) in [6.45, 7) is 5.81. The molecule has 1 fully saturated rings. The Kier molecular flexibility index (Phi) is 2.14. The normalized spacial score (nSPS) is 35.3. The van der Waals surface area contributed by atoms with Crippen LogP contribution in [-0.2, 0) is 4.79 Å². The zero-order valence-electron chi connectivity index (χ0n) is 7.74. The first-order valence-electron chi connectivity index (χ1n) is 4.15. The van der Waals surface area contributed by atoms with Crippen molar-refractivity contribution in [3.63, 3.8) is 0 Å². The van der Waals surface area contributed by atoms with E-state index >= 15 is 0 Å². The Morgan fingerprint density at radius 3 is 2.33 bits per heavy atom. The monoisotopic (exact) mass is 172 g/mol. The molecule has 4 nitrogen and oxygen atoms in total. The van der Waals surface area contributed by atoms with Gasteiger partial charge in [-0.1, -0.05) is 6.92 Å². The first kappa shape index (κ1) is 9.48. The van der Waals surface area contributed by atoms with Crippen molar-refractivity contribution in [1.82, 2.24) is 5.06 Å². The van der Waals surface area contributed by atoms with Crippen LogP contribution in [-0.4, -0.2) is 27.8 Å². The zero-order chi connectivity index (χ0) is 9.52. The lowest BCUT2D eigenvalue weighted by molar-refractivity contribution is -0.176. The van der Waals surface area contributed by atoms with Gasteiger partial charge in [0.1, 0.15) is 6.04 Å². The highest BCUT2D eigenvalue weighted by Gasteiger charge is 2.46. The molecule has 1 aliphatic heterocycles. The molecule has 1 rings (SSSR count). The lowest BCUT2D eigenvalue weighted by Gasteiger charge is -2.30. The van der Waals surface area contributed by atoms with Crippen LogP contribution in [0.2, 0.25) is 0 Å². The molecule has 0 aromatic rings. The summed E-state index contributed by atoms with van der Waals surface area (Å²) >= 11 is 0. The van der Waals surface area contributed by atoms with E-state index in [2.05, 4.69) is 0 Å². The van der Waals surface area contributed by atoms with Crippen LogP contribution in [0.4, 0.5) is 0 Å². The van der Waals surface area contributed by atoms with Gasteiger partial charge in [-0.25, -0.2) is 0 Å². The molecule has 0 spiro atoms. The van der Waals surface area contributed by atoms with E-state index < -0.39 is 11.9 Å². The molecule has 0 aliphatic carbocycles. The van der Waals surface area contributed by atoms with Gasteiger partial charge in [0.25, 0.3) is 0 Å². The smallest absolute Gasteiger partial charge is 0.237 e. The number of hydrogen-bond donors (Lipinski definition) is 2. The second-order valence-electron chi connectivity index (χ2n) is 4.05. The minimum absolute atomic E-state index is 0.278. The van der Waals surface area contributed by atoms with Crippen LogP contribution in [0.1, 0.15) is 27.2 Å². The Bertz CT molecular complexity index is 203. The number of carbonyl (C=O) groups excluding carboxylic acids is 1. The van der Waals surface area contributed by atoms with Crippen LogP contribution < -0.4 is 5.73 Å². The molecule has 0 aromatic carbocycles. The quantitative estimate of drug-likeness (QED) is 0.599. The fourth-order valence-corrected chi connectivity index (χ4v) is 1.59. The van der Waals surface area contributed by atoms with Crippen molar-refractivity contribution in [3.05, 3.63) is 0 Å². The van der Waals surface area contributed by atoms with Crippen molar-refractivity contribution in [2.24, 2.45) is 11.7 Å². The Morgan fingerprint density at radius 2 is 2.17 bits per heavy atom. The van der Waals surface area contributed by atoms with Crippen molar-refractivity contribution in [3.8, 4) is 0 Å². The number of rotatable bonds is 1. The third kappa shape index (κ3) is 1.21. The fourth-order valence-electron chi connectivity index (χ4n) is 1.59. The summed E-state index contributed by atoms with van der Waals surface area (Å²) in [7, 11) is 0. The number of hydrogen-bond acceptors (Lipinski definition) is 3. The van der Waals surface area contributed by atoms with Crippen molar-refractivity contribution >= 4 is 5.91 Å². The number of hydroxylamine groups is 2. The van der Waals surface area contributed by atoms with Gasteiger partial charge in [0.2, 0.25) is 5.91 Å². The largest absolute Gasteiger partial charge is 0.368 e. The summed E-state index contributed by atoms with van der Waals surface area (Å²) in [6.07, 6.45) is 0.638. The zero-order valence-corrected chi connectivity index (χ0v) is 7.74. The molecule has 3 N–H and O–H groups in total. The molecule has 0 bridgehead atoms. The van der Waals surface area contributed by atoms with Crippen molar-refractivity contribution in [2.45, 2.75) is 38.8 Å². The standard InChI is InChI=1S/C8H16N2O2/c1-5-4-6(7(9)11)10(12)8(5,2)3/h5-6,12H,4H2,1-3H3,(H2,9,11). The van der Waals surface area contributed by atoms with E-state index in [-0.39, 0.29) is 11.5 Å². The Balaban J connectivity index is 2.83. The molecule has 0 aromatic heterocycles. The molecule has 12 heavy (non-hydrogen) atoms. The maximum atomic E-state index is 10.9. The van der Waals surface area contributed by atoms with Crippen LogP contribution >= 0.6 is 0 Å². The van der Waals surface area contributed by atoms with Gasteiger partial charge in [-0.15, -0.1) is 0 Å². The molecule has 70 valence electrons. The molecular formula is C8H16N2O2. The van der Waals surface area contributed by atoms with Crippen LogP contribution in [0.3, 0.4) is 0 Å². The molecule has 1 saturated heterocycles. The van der Waals surface area contributed by atoms with Crippen LogP contribution in [0.5, 0.6) is 0 Å². The molecule has 0 saturated carbocycles. The van der Waals surface area contributed by atoms with E-state index in [1.165, 1.54) is 0 Å². The first-order valence-corrected chi connectivity index (χ1v) is 4.15. The summed E-state index contributed by atoms with van der Waals surface area (Å²) in [5.74, 6) is -0.171. The second kappa shape index (κ2) is 2.71. The van der Waals surface area contributed by atoms with Gasteiger partial charge in [-0.3, -0.25) is 4.79 Å². The lowest BCUT2D eigenvalue weighted by atomic mass is 9.91. The van der Waals surface area contributed by atoms with E-state index in [0.717, 1.165) is 5.06 Å². The van der Waals surface area contributed by atoms with Crippen LogP contribution in [0.25, 0.3) is 0 Å². The number of nitrogens with two attached hydrogens (primary N) is 1. The maximum Gasteiger partial charge on any atom is 0.237 e. The fraction of sp³-hybridized carbons (Fsp3) is 0.875. The van der Waals surface area contributed by atoms with Crippen molar-refractivity contribution in [2.75, 3.05) is 0 Å². The van der Waals surface area contributed by atoms with Crippen LogP contribution in [0, 0.1) is 5.92 Å². The predicted octanol–water partition coefficient (Wildman–Crippen LogP) is 0.350. The summed E-state index contributed by atoms with van der Waals surface area (Å²) in [4.78, 5) is 10.9. The molecule has 1 aliphatic rings. The minimum atomic E-state index is -0.519. The molecule has 1 heterocycles. The van der Waals surface area contributed by atoms with E-state index in [0.29, 0.717) is 6.42 Å². The molecular weight excluding hydrogens is 156 g/mol. The molecule has 2 unspecified atom stereocenters. The summed E-state index contributed by atoms with van der Waals surface area (Å²) in [5.41, 5.74) is 4.78. The summed E-state index contributed by atoms with van der Waals surface area (Å²) < 4.78 is 0. The SMILES string of the molecule is CC1CC(C(N)=O)N(O)C1(C)C. The van der Waals surface area contributed by atoms with Gasteiger partial charge >= 0.3 is 0 Å². The van der Waals surface area contributed by atoms with Gasteiger partial charge in [0, 0.05) is 5.54 Å². The third-order valence-corrected chi connectivity index (χ3v) is 3.00. The lowest BCUT2D eigenvalue weighted by Crippen LogP contribution is -2.47. The minimum Gasteiger partial charge on any atom is -0.368 e. The number of nitrogens with zero attached hydrogens (tertiary/aromatic N) is 1. The molecule has 2 atom stereocenters. The second-order valence-corrected chi connectivity index (χ2v) is 4.05. The highest BCUT2D eigenvalue weighted by atomic mass is 16.5. The van der Waals surface area contributed by atoms with E-state index in [1.807, 2.05) is 20.8 Å². The van der Waals surface area contributed by atoms with Gasteiger partial charge in [0.15, 0.2) is 0 Å². The number of amides is 1. The molecule has 4 heteroatoms. The number of primary amides is 1. The predicted molar refractivity (Wildman–Crippen MR) is 44.5 cm³/mol. The first-order chi connectivity index (χ1) is 5.37. The van der Waals surface area contributed by atoms with E-state index in [4.69, 9.17) is 5.73 Å². The Labute approximate surface area is 72.3 Å². The average molecular weight is 172 g/mol. The van der Waals surface area contributed by atoms with Crippen molar-refractivity contribution in [1.29, 1.82) is 0 Å². The Hall–Kier alpha value is -0.610. The molecule has 0 radical (unpaired) electrons. The number of carbonyl (C=O) groups is 1. The third-order valence-electron chi connectivity index (χ3n) is 3.00. The highest BCUT2D eigenvalue weighted by Crippen LogP contribution is 2.36. The average Bonchev–Trinajstić information content (AvgIpc) is 2.13. The topological polar surface area (TPSA) is 66.6 Å². The van der Waals surface area contributed by atoms with E-state index in [9.17, 15) is 10.0 Å². The van der Waals surface area contributed by atoms with Crippen molar-refractivity contribution < 1.29 is 10.0 Å². The Morgan fingerprint density at radius 1 is 1.67 bits per heavy atom. The van der Waals surface area contributed by atoms with Gasteiger partial charge in [-0.05, 0) is 26.2 Å².